The van der Waals surface area contributed by atoms with Gasteiger partial charge in [-0.15, -0.1) is 0 Å². The topological polar surface area (TPSA) is 63.8 Å². The lowest BCUT2D eigenvalue weighted by Gasteiger charge is -2.24. The lowest BCUT2D eigenvalue weighted by Crippen LogP contribution is -2.39. The van der Waals surface area contributed by atoms with Gasteiger partial charge in [0.15, 0.2) is 0 Å². The van der Waals surface area contributed by atoms with Crippen molar-refractivity contribution in [2.75, 3.05) is 11.9 Å². The van der Waals surface area contributed by atoms with E-state index < -0.39 is 0 Å². The third-order valence-electron chi connectivity index (χ3n) is 2.31. The van der Waals surface area contributed by atoms with Crippen LogP contribution in [0.15, 0.2) is 12.4 Å². The van der Waals surface area contributed by atoms with Crippen LogP contribution < -0.4 is 11.1 Å². The van der Waals surface area contributed by atoms with Crippen LogP contribution in [0.5, 0.6) is 0 Å². The summed E-state index contributed by atoms with van der Waals surface area (Å²) in [5.41, 5.74) is 6.64. The normalized spacial score (nSPS) is 11.9. The van der Waals surface area contributed by atoms with Crippen LogP contribution in [0.25, 0.3) is 0 Å². The molecule has 0 aliphatic carbocycles. The van der Waals surface area contributed by atoms with E-state index in [1.165, 1.54) is 5.56 Å². The van der Waals surface area contributed by atoms with Gasteiger partial charge < -0.3 is 11.1 Å². The number of anilines is 1. The van der Waals surface area contributed by atoms with Gasteiger partial charge in [-0.05, 0) is 31.7 Å². The lowest BCUT2D eigenvalue weighted by atomic mass is 10.1. The Morgan fingerprint density at radius 3 is 2.31 bits per heavy atom. The summed E-state index contributed by atoms with van der Waals surface area (Å²) in [7, 11) is 0. The molecule has 1 aromatic rings. The van der Waals surface area contributed by atoms with Crippen LogP contribution in [0.4, 0.5) is 5.95 Å². The lowest BCUT2D eigenvalue weighted by molar-refractivity contribution is 0.573. The minimum atomic E-state index is -0.167. The quantitative estimate of drug-likeness (QED) is 0.797. The Kier molecular flexibility index (Phi) is 4.24. The van der Waals surface area contributed by atoms with E-state index >= 15 is 0 Å². The highest BCUT2D eigenvalue weighted by molar-refractivity contribution is 5.28. The molecule has 0 saturated heterocycles. The third-order valence-corrected chi connectivity index (χ3v) is 2.31. The average molecular weight is 222 g/mol. The maximum Gasteiger partial charge on any atom is 0.223 e. The van der Waals surface area contributed by atoms with Crippen LogP contribution in [0.2, 0.25) is 0 Å². The van der Waals surface area contributed by atoms with Gasteiger partial charge in [0.25, 0.3) is 0 Å². The predicted octanol–water partition coefficient (Wildman–Crippen LogP) is 1.82. The summed E-state index contributed by atoms with van der Waals surface area (Å²) in [6, 6.07) is 0. The van der Waals surface area contributed by atoms with E-state index in [1.807, 2.05) is 26.2 Å². The van der Waals surface area contributed by atoms with E-state index in [0.717, 1.165) is 6.42 Å². The van der Waals surface area contributed by atoms with Crippen molar-refractivity contribution >= 4 is 5.95 Å². The Bertz CT molecular complexity index is 316. The summed E-state index contributed by atoms with van der Waals surface area (Å²) < 4.78 is 0. The fraction of sp³-hybridized carbons (Fsp3) is 0.667. The highest BCUT2D eigenvalue weighted by Crippen LogP contribution is 2.10. The number of hydrogen-bond acceptors (Lipinski definition) is 4. The highest BCUT2D eigenvalue weighted by atomic mass is 15.1. The van der Waals surface area contributed by atoms with Crippen molar-refractivity contribution in [1.82, 2.24) is 9.97 Å². The number of aromatic nitrogens is 2. The van der Waals surface area contributed by atoms with Crippen molar-refractivity contribution in [3.8, 4) is 0 Å². The van der Waals surface area contributed by atoms with Gasteiger partial charge in [0.05, 0.1) is 0 Å². The molecule has 0 spiro atoms. The summed E-state index contributed by atoms with van der Waals surface area (Å²) in [4.78, 5) is 8.57. The van der Waals surface area contributed by atoms with E-state index in [1.54, 1.807) is 0 Å². The first kappa shape index (κ1) is 12.9. The number of rotatable bonds is 5. The average Bonchev–Trinajstić information content (AvgIpc) is 2.20. The standard InChI is InChI=1S/C12H22N4/c1-9(2)5-10-6-14-11(15-7-10)16-12(3,4)8-13/h6-7,9H,5,8,13H2,1-4H3,(H,14,15,16). The van der Waals surface area contributed by atoms with Gasteiger partial charge in [-0.25, -0.2) is 9.97 Å². The van der Waals surface area contributed by atoms with Crippen molar-refractivity contribution in [3.05, 3.63) is 18.0 Å². The highest BCUT2D eigenvalue weighted by Gasteiger charge is 2.15. The van der Waals surface area contributed by atoms with E-state index in [2.05, 4.69) is 29.1 Å². The Labute approximate surface area is 97.7 Å². The zero-order chi connectivity index (χ0) is 12.2. The molecule has 90 valence electrons. The van der Waals surface area contributed by atoms with Gasteiger partial charge in [0, 0.05) is 24.5 Å². The molecular formula is C12H22N4. The second-order valence-corrected chi connectivity index (χ2v) is 5.23. The molecule has 1 aromatic heterocycles. The minimum Gasteiger partial charge on any atom is -0.348 e. The largest absolute Gasteiger partial charge is 0.348 e. The predicted molar refractivity (Wildman–Crippen MR) is 67.3 cm³/mol. The number of nitrogens with two attached hydrogens (primary N) is 1. The molecule has 0 aliphatic rings. The molecule has 16 heavy (non-hydrogen) atoms. The fourth-order valence-corrected chi connectivity index (χ4v) is 1.35. The first-order valence-corrected chi connectivity index (χ1v) is 5.72. The van der Waals surface area contributed by atoms with Crippen LogP contribution in [-0.4, -0.2) is 22.1 Å². The minimum absolute atomic E-state index is 0.167. The number of nitrogens with zero attached hydrogens (tertiary/aromatic N) is 2. The first-order chi connectivity index (χ1) is 7.43. The van der Waals surface area contributed by atoms with E-state index in [-0.39, 0.29) is 5.54 Å². The smallest absolute Gasteiger partial charge is 0.223 e. The molecule has 0 unspecified atom stereocenters. The second-order valence-electron chi connectivity index (χ2n) is 5.23. The maximum absolute atomic E-state index is 5.63. The van der Waals surface area contributed by atoms with Gasteiger partial charge in [0.1, 0.15) is 0 Å². The molecule has 0 bridgehead atoms. The number of nitrogens with one attached hydrogen (secondary N) is 1. The molecule has 0 aromatic carbocycles. The van der Waals surface area contributed by atoms with Crippen LogP contribution >= 0.6 is 0 Å². The summed E-state index contributed by atoms with van der Waals surface area (Å²) in [6.45, 7) is 8.97. The summed E-state index contributed by atoms with van der Waals surface area (Å²) >= 11 is 0. The first-order valence-electron chi connectivity index (χ1n) is 5.72. The van der Waals surface area contributed by atoms with Crippen molar-refractivity contribution in [1.29, 1.82) is 0 Å². The molecule has 0 aliphatic heterocycles. The summed E-state index contributed by atoms with van der Waals surface area (Å²) in [5.74, 6) is 1.27. The van der Waals surface area contributed by atoms with Crippen molar-refractivity contribution < 1.29 is 0 Å². The van der Waals surface area contributed by atoms with Gasteiger partial charge in [-0.2, -0.15) is 0 Å². The molecule has 4 heteroatoms. The molecule has 1 heterocycles. The van der Waals surface area contributed by atoms with Crippen molar-refractivity contribution in [3.63, 3.8) is 0 Å². The zero-order valence-electron chi connectivity index (χ0n) is 10.6. The Balaban J connectivity index is 2.64. The van der Waals surface area contributed by atoms with Gasteiger partial charge in [0.2, 0.25) is 5.95 Å². The molecule has 3 N–H and O–H groups in total. The van der Waals surface area contributed by atoms with Crippen LogP contribution in [0, 0.1) is 5.92 Å². The Morgan fingerprint density at radius 1 is 1.31 bits per heavy atom. The molecule has 4 nitrogen and oxygen atoms in total. The van der Waals surface area contributed by atoms with Crippen molar-refractivity contribution in [2.45, 2.75) is 39.7 Å². The monoisotopic (exact) mass is 222 g/mol. The molecular weight excluding hydrogens is 200 g/mol. The van der Waals surface area contributed by atoms with E-state index in [0.29, 0.717) is 18.4 Å². The van der Waals surface area contributed by atoms with Gasteiger partial charge >= 0.3 is 0 Å². The second kappa shape index (κ2) is 5.25. The van der Waals surface area contributed by atoms with Crippen LogP contribution in [0.1, 0.15) is 33.3 Å². The molecule has 0 radical (unpaired) electrons. The fourth-order valence-electron chi connectivity index (χ4n) is 1.35. The Morgan fingerprint density at radius 2 is 1.88 bits per heavy atom. The van der Waals surface area contributed by atoms with Crippen LogP contribution in [-0.2, 0) is 6.42 Å². The molecule has 0 saturated carbocycles. The van der Waals surface area contributed by atoms with Crippen LogP contribution in [0.3, 0.4) is 0 Å². The molecule has 1 rings (SSSR count). The SMILES string of the molecule is CC(C)Cc1cnc(NC(C)(C)CN)nc1. The zero-order valence-corrected chi connectivity index (χ0v) is 10.6. The van der Waals surface area contributed by atoms with Gasteiger partial charge in [-0.3, -0.25) is 0 Å². The van der Waals surface area contributed by atoms with Crippen molar-refractivity contribution in [2.24, 2.45) is 11.7 Å². The Hall–Kier alpha value is -1.16. The molecule has 0 amide bonds. The van der Waals surface area contributed by atoms with E-state index in [9.17, 15) is 0 Å². The third kappa shape index (κ3) is 4.14. The van der Waals surface area contributed by atoms with E-state index in [4.69, 9.17) is 5.73 Å². The number of hydrogen-bond donors (Lipinski definition) is 2. The maximum atomic E-state index is 5.63. The summed E-state index contributed by atoms with van der Waals surface area (Å²) in [5, 5.41) is 3.20. The van der Waals surface area contributed by atoms with Gasteiger partial charge in [-0.1, -0.05) is 13.8 Å². The molecule has 0 fully saturated rings. The summed E-state index contributed by atoms with van der Waals surface area (Å²) in [6.07, 6.45) is 4.77. The molecule has 0 atom stereocenters.